The zero-order chi connectivity index (χ0) is 22.7. The van der Waals surface area contributed by atoms with Crippen LogP contribution in [0, 0.1) is 0 Å². The predicted molar refractivity (Wildman–Crippen MR) is 117 cm³/mol. The van der Waals surface area contributed by atoms with Crippen molar-refractivity contribution >= 4 is 39.3 Å². The van der Waals surface area contributed by atoms with Crippen LogP contribution in [0.2, 0.25) is 5.02 Å². The van der Waals surface area contributed by atoms with Gasteiger partial charge in [0.15, 0.2) is 6.61 Å². The highest BCUT2D eigenvalue weighted by molar-refractivity contribution is 7.90. The van der Waals surface area contributed by atoms with Crippen LogP contribution in [-0.2, 0) is 30.9 Å². The number of benzene rings is 1. The number of hydrogen-bond donors (Lipinski definition) is 1. The van der Waals surface area contributed by atoms with Gasteiger partial charge in [-0.2, -0.15) is 0 Å². The fourth-order valence-corrected chi connectivity index (χ4v) is 4.11. The molecule has 0 fully saturated rings. The summed E-state index contributed by atoms with van der Waals surface area (Å²) >= 11 is 5.88. The lowest BCUT2D eigenvalue weighted by Crippen LogP contribution is -2.37. The Balaban J connectivity index is 1.26. The highest BCUT2D eigenvalue weighted by Gasteiger charge is 2.25. The Morgan fingerprint density at radius 3 is 2.72 bits per heavy atom. The van der Waals surface area contributed by atoms with Crippen molar-refractivity contribution in [3.05, 3.63) is 71.1 Å². The smallest absolute Gasteiger partial charge is 0.340 e. The van der Waals surface area contributed by atoms with Crippen molar-refractivity contribution in [2.24, 2.45) is 4.40 Å². The van der Waals surface area contributed by atoms with Crippen LogP contribution >= 0.6 is 11.6 Å². The molecule has 4 rings (SSSR count). The molecule has 3 heterocycles. The van der Waals surface area contributed by atoms with Crippen LogP contribution in [0.15, 0.2) is 69.1 Å². The van der Waals surface area contributed by atoms with E-state index in [1.165, 1.54) is 18.4 Å². The number of hydrogen-bond acceptors (Lipinski definition) is 7. The number of halogens is 1. The largest absolute Gasteiger partial charge is 0.459 e. The van der Waals surface area contributed by atoms with Gasteiger partial charge in [0.2, 0.25) is 0 Å². The quantitative estimate of drug-likeness (QED) is 0.636. The number of amidine groups is 1. The lowest BCUT2D eigenvalue weighted by Gasteiger charge is -2.26. The molecule has 1 amide bonds. The molecule has 0 bridgehead atoms. The summed E-state index contributed by atoms with van der Waals surface area (Å²) in [7, 11) is -3.47. The zero-order valence-electron chi connectivity index (χ0n) is 16.7. The van der Waals surface area contributed by atoms with E-state index in [-0.39, 0.29) is 30.3 Å². The number of amides is 1. The number of carbonyl (C=O) groups excluding carboxylic acids is 2. The SMILES string of the molecule is O=C(COC(=O)C1=CN2CCS(=O)(=O)N=C2C=C1)NCc1ccc(-c2ccc(Cl)cc2)o1. The Kier molecular flexibility index (Phi) is 6.15. The molecule has 1 aromatic carbocycles. The van der Waals surface area contributed by atoms with Gasteiger partial charge in [-0.3, -0.25) is 4.79 Å². The number of fused-ring (bicyclic) bond motifs is 1. The Labute approximate surface area is 189 Å². The first-order chi connectivity index (χ1) is 15.3. The topological polar surface area (TPSA) is 118 Å². The summed E-state index contributed by atoms with van der Waals surface area (Å²) in [5.41, 5.74) is 1.05. The van der Waals surface area contributed by atoms with E-state index in [9.17, 15) is 18.0 Å². The first kappa shape index (κ1) is 21.8. The third-order valence-corrected chi connectivity index (χ3v) is 6.06. The number of furan rings is 1. The van der Waals surface area contributed by atoms with Gasteiger partial charge >= 0.3 is 5.97 Å². The normalized spacial score (nSPS) is 16.6. The first-order valence-corrected chi connectivity index (χ1v) is 11.6. The van der Waals surface area contributed by atoms with Crippen molar-refractivity contribution in [1.29, 1.82) is 0 Å². The lowest BCUT2D eigenvalue weighted by atomic mass is 10.2. The van der Waals surface area contributed by atoms with Gasteiger partial charge in [-0.15, -0.1) is 4.40 Å². The van der Waals surface area contributed by atoms with E-state index in [2.05, 4.69) is 9.71 Å². The standard InChI is InChI=1S/C21H18ClN3O6S/c22-16-4-1-14(2-5-16)18-7-6-17(31-18)11-23-20(26)13-30-21(27)15-3-8-19-24-32(28,29)10-9-25(19)12-15/h1-8,12H,9-11,13H2,(H,23,26). The first-order valence-electron chi connectivity index (χ1n) is 9.57. The Bertz CT molecular complexity index is 1240. The summed E-state index contributed by atoms with van der Waals surface area (Å²) in [5.74, 6) is 0.0857. The molecule has 1 aromatic heterocycles. The molecular formula is C21H18ClN3O6S. The van der Waals surface area contributed by atoms with Gasteiger partial charge in [0.1, 0.15) is 17.4 Å². The van der Waals surface area contributed by atoms with Gasteiger partial charge in [0, 0.05) is 23.3 Å². The second kappa shape index (κ2) is 9.01. The molecule has 0 spiro atoms. The average molecular weight is 476 g/mol. The molecule has 0 saturated carbocycles. The van der Waals surface area contributed by atoms with Crippen molar-refractivity contribution in [2.75, 3.05) is 18.9 Å². The van der Waals surface area contributed by atoms with Crippen LogP contribution < -0.4 is 5.32 Å². The molecule has 2 aromatic rings. The minimum Gasteiger partial charge on any atom is -0.459 e. The lowest BCUT2D eigenvalue weighted by molar-refractivity contribution is -0.144. The van der Waals surface area contributed by atoms with Crippen LogP contribution in [0.4, 0.5) is 0 Å². The maximum Gasteiger partial charge on any atom is 0.340 e. The van der Waals surface area contributed by atoms with Crippen molar-refractivity contribution in [2.45, 2.75) is 6.54 Å². The number of nitrogens with one attached hydrogen (secondary N) is 1. The molecule has 11 heteroatoms. The predicted octanol–water partition coefficient (Wildman–Crippen LogP) is 2.26. The second-order valence-corrected chi connectivity index (χ2v) is 9.16. The summed E-state index contributed by atoms with van der Waals surface area (Å²) in [6.45, 7) is -0.150. The summed E-state index contributed by atoms with van der Waals surface area (Å²) in [5, 5.41) is 3.25. The molecule has 1 N–H and O–H groups in total. The molecule has 0 unspecified atom stereocenters. The van der Waals surface area contributed by atoms with E-state index >= 15 is 0 Å². The third kappa shape index (κ3) is 5.27. The van der Waals surface area contributed by atoms with Crippen molar-refractivity contribution in [3.8, 4) is 11.3 Å². The molecule has 166 valence electrons. The highest BCUT2D eigenvalue weighted by Crippen LogP contribution is 2.23. The van der Waals surface area contributed by atoms with Gasteiger partial charge in [-0.25, -0.2) is 13.2 Å². The number of sulfonamides is 1. The Morgan fingerprint density at radius 1 is 1.16 bits per heavy atom. The molecule has 32 heavy (non-hydrogen) atoms. The number of ether oxygens (including phenoxy) is 1. The molecule has 2 aliphatic rings. The number of rotatable bonds is 6. The van der Waals surface area contributed by atoms with Gasteiger partial charge in [-0.1, -0.05) is 11.6 Å². The Hall–Kier alpha value is -3.37. The molecular weight excluding hydrogens is 458 g/mol. The maximum atomic E-state index is 12.2. The molecule has 0 saturated heterocycles. The number of nitrogens with zero attached hydrogens (tertiary/aromatic N) is 2. The van der Waals surface area contributed by atoms with Gasteiger partial charge in [0.05, 0.1) is 17.9 Å². The van der Waals surface area contributed by atoms with E-state index in [1.807, 2.05) is 12.1 Å². The number of esters is 1. The van der Waals surface area contributed by atoms with Gasteiger partial charge < -0.3 is 19.4 Å². The second-order valence-electron chi connectivity index (χ2n) is 6.97. The van der Waals surface area contributed by atoms with Crippen LogP contribution in [0.5, 0.6) is 0 Å². The molecule has 0 aliphatic carbocycles. The highest BCUT2D eigenvalue weighted by atomic mass is 35.5. The van der Waals surface area contributed by atoms with Crippen LogP contribution in [0.3, 0.4) is 0 Å². The van der Waals surface area contributed by atoms with Crippen molar-refractivity contribution in [1.82, 2.24) is 10.2 Å². The van der Waals surface area contributed by atoms with E-state index < -0.39 is 28.5 Å². The minimum absolute atomic E-state index is 0.134. The van der Waals surface area contributed by atoms with Crippen LogP contribution in [-0.4, -0.2) is 49.9 Å². The van der Waals surface area contributed by atoms with Crippen LogP contribution in [0.1, 0.15) is 5.76 Å². The van der Waals surface area contributed by atoms with Gasteiger partial charge in [0.25, 0.3) is 15.9 Å². The summed E-state index contributed by atoms with van der Waals surface area (Å²) < 4.78 is 37.4. The van der Waals surface area contributed by atoms with Crippen molar-refractivity contribution < 1.29 is 27.2 Å². The van der Waals surface area contributed by atoms with E-state index in [4.69, 9.17) is 20.8 Å². The van der Waals surface area contributed by atoms with E-state index in [0.717, 1.165) is 5.56 Å². The van der Waals surface area contributed by atoms with Crippen molar-refractivity contribution in [3.63, 3.8) is 0 Å². The van der Waals surface area contributed by atoms with Crippen LogP contribution in [0.25, 0.3) is 11.3 Å². The Morgan fingerprint density at radius 2 is 1.94 bits per heavy atom. The number of carbonyl (C=O) groups is 2. The van der Waals surface area contributed by atoms with E-state index in [1.54, 1.807) is 29.2 Å². The average Bonchev–Trinajstić information content (AvgIpc) is 3.24. The monoisotopic (exact) mass is 475 g/mol. The zero-order valence-corrected chi connectivity index (χ0v) is 18.2. The molecule has 0 radical (unpaired) electrons. The van der Waals surface area contributed by atoms with Gasteiger partial charge in [-0.05, 0) is 48.6 Å². The maximum absolute atomic E-state index is 12.2. The summed E-state index contributed by atoms with van der Waals surface area (Å²) in [6.07, 6.45) is 4.27. The fourth-order valence-electron chi connectivity index (χ4n) is 3.02. The fraction of sp³-hybridized carbons (Fsp3) is 0.190. The summed E-state index contributed by atoms with van der Waals surface area (Å²) in [6, 6.07) is 10.7. The molecule has 0 atom stereocenters. The minimum atomic E-state index is -3.47. The molecule has 9 nitrogen and oxygen atoms in total. The third-order valence-electron chi connectivity index (χ3n) is 4.64. The summed E-state index contributed by atoms with van der Waals surface area (Å²) in [4.78, 5) is 25.8. The van der Waals surface area contributed by atoms with E-state index in [0.29, 0.717) is 16.5 Å². The molecule has 2 aliphatic heterocycles.